The molecule has 1 saturated carbocycles. The fraction of sp³-hybridized carbons (Fsp3) is 0.762. The number of ether oxygens (including phenoxy) is 1. The number of thiophene rings is 1. The first-order valence-electron chi connectivity index (χ1n) is 10.5. The summed E-state index contributed by atoms with van der Waals surface area (Å²) in [6, 6.07) is 0.0865. The van der Waals surface area contributed by atoms with E-state index in [1.54, 1.807) is 15.6 Å². The topological polar surface area (TPSA) is 46.6 Å². The minimum absolute atomic E-state index is 0.0263. The second-order valence-electron chi connectivity index (χ2n) is 7.87. The molecule has 1 atom stereocenters. The van der Waals surface area contributed by atoms with E-state index in [1.165, 1.54) is 32.1 Å². The van der Waals surface area contributed by atoms with Crippen molar-refractivity contribution in [3.8, 4) is 0 Å². The lowest BCUT2D eigenvalue weighted by Gasteiger charge is -2.33. The van der Waals surface area contributed by atoms with Gasteiger partial charge in [-0.3, -0.25) is 9.10 Å². The molecule has 1 aromatic heterocycles. The third kappa shape index (κ3) is 4.65. The van der Waals surface area contributed by atoms with E-state index in [9.17, 15) is 9.00 Å². The summed E-state index contributed by atoms with van der Waals surface area (Å²) < 4.78 is 20.6. The molecule has 0 saturated heterocycles. The number of hydrogen-bond donors (Lipinski definition) is 0. The van der Waals surface area contributed by atoms with Gasteiger partial charge in [-0.15, -0.1) is 11.3 Å². The van der Waals surface area contributed by atoms with Gasteiger partial charge in [0, 0.05) is 22.4 Å². The van der Waals surface area contributed by atoms with Crippen molar-refractivity contribution in [2.75, 3.05) is 6.61 Å². The summed E-state index contributed by atoms with van der Waals surface area (Å²) in [5.41, 5.74) is 0.706. The molecule has 0 N–H and O–H groups in total. The van der Waals surface area contributed by atoms with Crippen molar-refractivity contribution in [1.82, 2.24) is 4.31 Å². The van der Waals surface area contributed by atoms with Crippen LogP contribution in [-0.4, -0.2) is 33.2 Å². The Morgan fingerprint density at radius 3 is 2.37 bits per heavy atom. The molecule has 6 heteroatoms. The molecule has 1 fully saturated rings. The zero-order chi connectivity index (χ0) is 19.4. The molecule has 2 aliphatic rings. The highest BCUT2D eigenvalue weighted by Crippen LogP contribution is 2.40. The van der Waals surface area contributed by atoms with Gasteiger partial charge in [0.15, 0.2) is 11.0 Å². The molecule has 1 unspecified atom stereocenters. The van der Waals surface area contributed by atoms with Gasteiger partial charge in [-0.25, -0.2) is 4.21 Å². The highest BCUT2D eigenvalue weighted by Gasteiger charge is 2.43. The monoisotopic (exact) mass is 411 g/mol. The van der Waals surface area contributed by atoms with E-state index in [-0.39, 0.29) is 11.9 Å². The largest absolute Gasteiger partial charge is 0.378 e. The van der Waals surface area contributed by atoms with Crippen LogP contribution in [0.4, 0.5) is 0 Å². The van der Waals surface area contributed by atoms with Gasteiger partial charge in [0.25, 0.3) is 5.91 Å². The molecule has 1 aromatic rings. The van der Waals surface area contributed by atoms with Crippen molar-refractivity contribution in [2.24, 2.45) is 0 Å². The molecule has 0 spiro atoms. The number of amides is 1. The van der Waals surface area contributed by atoms with Gasteiger partial charge in [-0.2, -0.15) is 0 Å². The maximum Gasteiger partial charge on any atom is 0.268 e. The van der Waals surface area contributed by atoms with Crippen molar-refractivity contribution in [2.45, 2.75) is 102 Å². The number of carbonyl (C=O) groups is 1. The minimum Gasteiger partial charge on any atom is -0.378 e. The average molecular weight is 412 g/mol. The molecular weight excluding hydrogens is 378 g/mol. The van der Waals surface area contributed by atoms with Gasteiger partial charge < -0.3 is 4.74 Å². The summed E-state index contributed by atoms with van der Waals surface area (Å²) in [5.74, 6) is -0.0263. The van der Waals surface area contributed by atoms with E-state index < -0.39 is 11.0 Å². The second kappa shape index (κ2) is 9.66. The Labute approximate surface area is 170 Å². The van der Waals surface area contributed by atoms with Gasteiger partial charge in [0.2, 0.25) is 0 Å². The molecule has 0 bridgehead atoms. The molecule has 0 radical (unpaired) electrons. The van der Waals surface area contributed by atoms with Crippen molar-refractivity contribution in [1.29, 1.82) is 0 Å². The molecule has 2 heterocycles. The first-order chi connectivity index (χ1) is 13.0. The summed E-state index contributed by atoms with van der Waals surface area (Å²) in [6.45, 7) is 7.03. The fourth-order valence-electron chi connectivity index (χ4n) is 4.28. The van der Waals surface area contributed by atoms with Gasteiger partial charge >= 0.3 is 0 Å². The average Bonchev–Trinajstić information content (AvgIpc) is 3.10. The number of fused-ring (bicyclic) bond motifs is 1. The number of carbonyl (C=O) groups excluding carboxylic acids is 1. The predicted molar refractivity (Wildman–Crippen MR) is 112 cm³/mol. The smallest absolute Gasteiger partial charge is 0.268 e. The van der Waals surface area contributed by atoms with Crippen LogP contribution >= 0.6 is 11.3 Å². The molecule has 1 aliphatic heterocycles. The number of aryl methyl sites for hydroxylation is 2. The van der Waals surface area contributed by atoms with E-state index in [0.717, 1.165) is 53.4 Å². The summed E-state index contributed by atoms with van der Waals surface area (Å²) in [4.78, 5) is 15.6. The number of hydrogen-bond acceptors (Lipinski definition) is 4. The number of unbranched alkanes of at least 4 members (excludes halogenated alkanes) is 5. The van der Waals surface area contributed by atoms with Crippen LogP contribution in [0.1, 0.15) is 91.2 Å². The highest BCUT2D eigenvalue weighted by atomic mass is 32.2. The van der Waals surface area contributed by atoms with Crippen LogP contribution in [0.15, 0.2) is 4.90 Å². The van der Waals surface area contributed by atoms with Crippen LogP contribution in [0.2, 0.25) is 0 Å². The van der Waals surface area contributed by atoms with E-state index in [2.05, 4.69) is 6.92 Å². The van der Waals surface area contributed by atoms with Crippen molar-refractivity contribution >= 4 is 28.2 Å². The molecule has 1 aliphatic carbocycles. The Bertz CT molecular complexity index is 641. The standard InChI is InChI=1S/C21H33NO3S2/c1-4-5-6-7-8-9-14-25-18-12-10-17(11-13-18)22-21(23)19-15(2)26-16(3)20(19)27(22)24/h17-18H,4-14H2,1-3H3. The normalized spacial score (nSPS) is 25.2. The molecule has 4 nitrogen and oxygen atoms in total. The molecule has 3 rings (SSSR count). The molecular formula is C21H33NO3S2. The Balaban J connectivity index is 1.43. The first-order valence-corrected chi connectivity index (χ1v) is 12.4. The summed E-state index contributed by atoms with van der Waals surface area (Å²) in [7, 11) is -1.32. The SMILES string of the molecule is CCCCCCCCOC1CCC(N2C(=O)c3c(C)sc(C)c3S2=O)CC1. The zero-order valence-corrected chi connectivity index (χ0v) is 18.6. The maximum absolute atomic E-state index is 12.9. The van der Waals surface area contributed by atoms with Crippen LogP contribution < -0.4 is 0 Å². The molecule has 152 valence electrons. The third-order valence-corrected chi connectivity index (χ3v) is 8.63. The number of rotatable bonds is 9. The van der Waals surface area contributed by atoms with Crippen LogP contribution in [0.5, 0.6) is 0 Å². The van der Waals surface area contributed by atoms with Gasteiger partial charge in [-0.1, -0.05) is 39.0 Å². The summed E-state index contributed by atoms with van der Waals surface area (Å²) >= 11 is 1.58. The van der Waals surface area contributed by atoms with E-state index >= 15 is 0 Å². The Kier molecular flexibility index (Phi) is 7.51. The number of nitrogens with zero attached hydrogens (tertiary/aromatic N) is 1. The van der Waals surface area contributed by atoms with Crippen LogP contribution in [0.3, 0.4) is 0 Å². The van der Waals surface area contributed by atoms with E-state index in [1.807, 2.05) is 13.8 Å². The molecule has 27 heavy (non-hydrogen) atoms. The van der Waals surface area contributed by atoms with Crippen molar-refractivity contribution in [3.63, 3.8) is 0 Å². The minimum atomic E-state index is -1.32. The van der Waals surface area contributed by atoms with Gasteiger partial charge in [0.05, 0.1) is 16.6 Å². The maximum atomic E-state index is 12.9. The van der Waals surface area contributed by atoms with E-state index in [4.69, 9.17) is 4.74 Å². The second-order valence-corrected chi connectivity index (χ2v) is 10.6. The lowest BCUT2D eigenvalue weighted by atomic mass is 9.92. The van der Waals surface area contributed by atoms with Crippen LogP contribution in [-0.2, 0) is 15.7 Å². The van der Waals surface area contributed by atoms with E-state index in [0.29, 0.717) is 11.7 Å². The first kappa shape index (κ1) is 21.0. The summed E-state index contributed by atoms with van der Waals surface area (Å²) in [5, 5.41) is 0. The lowest BCUT2D eigenvalue weighted by Crippen LogP contribution is -2.41. The zero-order valence-electron chi connectivity index (χ0n) is 16.9. The molecule has 0 aromatic carbocycles. The van der Waals surface area contributed by atoms with Crippen LogP contribution in [0.25, 0.3) is 0 Å². The summed E-state index contributed by atoms with van der Waals surface area (Å²) in [6.07, 6.45) is 11.7. The fourth-order valence-corrected chi connectivity index (χ4v) is 7.21. The quantitative estimate of drug-likeness (QED) is 0.502. The predicted octanol–water partition coefficient (Wildman–Crippen LogP) is 5.53. The van der Waals surface area contributed by atoms with Gasteiger partial charge in [0.1, 0.15) is 0 Å². The Morgan fingerprint density at radius 1 is 1.04 bits per heavy atom. The van der Waals surface area contributed by atoms with Crippen molar-refractivity contribution < 1.29 is 13.7 Å². The Hall–Kier alpha value is -0.720. The third-order valence-electron chi connectivity index (χ3n) is 5.80. The van der Waals surface area contributed by atoms with Crippen LogP contribution in [0, 0.1) is 13.8 Å². The van der Waals surface area contributed by atoms with Gasteiger partial charge in [-0.05, 0) is 46.0 Å². The van der Waals surface area contributed by atoms with Crippen molar-refractivity contribution in [3.05, 3.63) is 15.3 Å². The highest BCUT2D eigenvalue weighted by molar-refractivity contribution is 7.84. The lowest BCUT2D eigenvalue weighted by molar-refractivity contribution is 0.0147. The molecule has 1 amide bonds. The Morgan fingerprint density at radius 2 is 1.70 bits per heavy atom.